The van der Waals surface area contributed by atoms with Gasteiger partial charge in [0.15, 0.2) is 5.75 Å². The van der Waals surface area contributed by atoms with E-state index in [0.29, 0.717) is 11.1 Å². The van der Waals surface area contributed by atoms with Gasteiger partial charge in [-0.05, 0) is 59.6 Å². The summed E-state index contributed by atoms with van der Waals surface area (Å²) < 4.78 is 46.0. The first-order valence-corrected chi connectivity index (χ1v) is 9.42. The molecule has 0 aromatic heterocycles. The Labute approximate surface area is 176 Å². The number of alkyl halides is 2. The van der Waals surface area contributed by atoms with Crippen molar-refractivity contribution in [2.75, 3.05) is 6.61 Å². The summed E-state index contributed by atoms with van der Waals surface area (Å²) in [5.41, 5.74) is -0.665. The molecule has 0 fully saturated rings. The highest BCUT2D eigenvalue weighted by atomic mass is 19.3. The summed E-state index contributed by atoms with van der Waals surface area (Å²) in [5, 5.41) is 0. The maximum absolute atomic E-state index is 13.0. The highest BCUT2D eigenvalue weighted by Crippen LogP contribution is 2.34. The van der Waals surface area contributed by atoms with Crippen molar-refractivity contribution in [1.29, 1.82) is 0 Å². The van der Waals surface area contributed by atoms with Crippen molar-refractivity contribution in [2.24, 2.45) is 0 Å². The maximum atomic E-state index is 13.0. The highest BCUT2D eigenvalue weighted by molar-refractivity contribution is 5.97. The average Bonchev–Trinajstić information content (AvgIpc) is 2.50. The van der Waals surface area contributed by atoms with Crippen LogP contribution in [0.1, 0.15) is 70.0 Å². The van der Waals surface area contributed by atoms with Gasteiger partial charge in [0.05, 0.1) is 6.61 Å². The molecule has 0 aliphatic carbocycles. The van der Waals surface area contributed by atoms with E-state index in [1.165, 1.54) is 6.07 Å². The molecule has 0 unspecified atom stereocenters. The smallest absolute Gasteiger partial charge is 0.456 e. The lowest BCUT2D eigenvalue weighted by Gasteiger charge is -2.24. The van der Waals surface area contributed by atoms with E-state index in [0.717, 1.165) is 0 Å². The summed E-state index contributed by atoms with van der Waals surface area (Å²) in [6, 6.07) is 3.09. The lowest BCUT2D eigenvalue weighted by molar-refractivity contribution is 0.00280. The summed E-state index contributed by atoms with van der Waals surface area (Å²) >= 11 is 0. The van der Waals surface area contributed by atoms with Crippen LogP contribution in [0, 0.1) is 0 Å². The second-order valence-electron chi connectivity index (χ2n) is 8.73. The monoisotopic (exact) mass is 428 g/mol. The zero-order valence-electron chi connectivity index (χ0n) is 18.6. The Kier molecular flexibility index (Phi) is 8.53. The molecule has 0 N–H and O–H groups in total. The van der Waals surface area contributed by atoms with Crippen LogP contribution in [-0.2, 0) is 20.8 Å². The van der Waals surface area contributed by atoms with Crippen LogP contribution in [0.15, 0.2) is 18.7 Å². The standard InChI is InChI=1S/C22H30F2O6/c1-13(2)15-10-9-14(11-27-12-16(23)24)17(19(25)29-21(3,4)5)18(15)28-20(26)30-22(6,7)8/h9-10,16H,1,11-12H2,2-8H3. The van der Waals surface area contributed by atoms with Crippen LogP contribution in [0.5, 0.6) is 5.75 Å². The number of carbonyl (C=O) groups is 2. The number of benzene rings is 1. The second kappa shape index (κ2) is 10.0. The van der Waals surface area contributed by atoms with E-state index in [1.54, 1.807) is 54.5 Å². The van der Waals surface area contributed by atoms with Gasteiger partial charge in [0.1, 0.15) is 23.4 Å². The molecule has 0 atom stereocenters. The molecule has 1 rings (SSSR count). The van der Waals surface area contributed by atoms with Gasteiger partial charge in [-0.15, -0.1) is 0 Å². The minimum absolute atomic E-state index is 0.106. The van der Waals surface area contributed by atoms with Gasteiger partial charge in [0.25, 0.3) is 6.43 Å². The van der Waals surface area contributed by atoms with Crippen molar-refractivity contribution in [1.82, 2.24) is 0 Å². The molecule has 168 valence electrons. The van der Waals surface area contributed by atoms with Gasteiger partial charge in [-0.2, -0.15) is 0 Å². The lowest BCUT2D eigenvalue weighted by atomic mass is 9.98. The van der Waals surface area contributed by atoms with E-state index >= 15 is 0 Å². The average molecular weight is 428 g/mol. The molecule has 1 aromatic rings. The third-order valence-corrected chi connectivity index (χ3v) is 3.38. The van der Waals surface area contributed by atoms with Crippen LogP contribution in [0.4, 0.5) is 13.6 Å². The summed E-state index contributed by atoms with van der Waals surface area (Å²) in [7, 11) is 0. The number of rotatable bonds is 7. The van der Waals surface area contributed by atoms with Gasteiger partial charge in [-0.1, -0.05) is 18.7 Å². The fourth-order valence-corrected chi connectivity index (χ4v) is 2.35. The van der Waals surface area contributed by atoms with Crippen molar-refractivity contribution in [2.45, 2.75) is 72.7 Å². The Morgan fingerprint density at radius 2 is 1.60 bits per heavy atom. The van der Waals surface area contributed by atoms with Crippen LogP contribution in [0.25, 0.3) is 5.57 Å². The van der Waals surface area contributed by atoms with E-state index in [9.17, 15) is 18.4 Å². The molecule has 0 aliphatic rings. The first-order valence-electron chi connectivity index (χ1n) is 9.42. The van der Waals surface area contributed by atoms with E-state index in [4.69, 9.17) is 18.9 Å². The molecule has 0 heterocycles. The minimum atomic E-state index is -2.66. The first-order chi connectivity index (χ1) is 13.6. The number of hydrogen-bond acceptors (Lipinski definition) is 6. The van der Waals surface area contributed by atoms with Gasteiger partial charge in [0.2, 0.25) is 0 Å². The molecule has 6 nitrogen and oxygen atoms in total. The summed E-state index contributed by atoms with van der Waals surface area (Å²) in [6.07, 6.45) is -3.69. The number of esters is 1. The summed E-state index contributed by atoms with van der Waals surface area (Å²) in [4.78, 5) is 25.3. The molecular formula is C22H30F2O6. The number of allylic oxidation sites excluding steroid dienone is 1. The molecule has 0 amide bonds. The zero-order chi connectivity index (χ0) is 23.3. The Morgan fingerprint density at radius 1 is 1.03 bits per heavy atom. The SMILES string of the molecule is C=C(C)c1ccc(COCC(F)F)c(C(=O)OC(C)(C)C)c1OC(=O)OC(C)(C)C. The highest BCUT2D eigenvalue weighted by Gasteiger charge is 2.29. The minimum Gasteiger partial charge on any atom is -0.456 e. The molecule has 30 heavy (non-hydrogen) atoms. The van der Waals surface area contributed by atoms with Gasteiger partial charge in [0, 0.05) is 5.56 Å². The van der Waals surface area contributed by atoms with E-state index in [1.807, 2.05) is 0 Å². The molecule has 0 aliphatic heterocycles. The normalized spacial score (nSPS) is 11.9. The summed E-state index contributed by atoms with van der Waals surface area (Å²) in [5.74, 6) is -0.913. The van der Waals surface area contributed by atoms with Gasteiger partial charge < -0.3 is 18.9 Å². The van der Waals surface area contributed by atoms with Crippen molar-refractivity contribution < 1.29 is 37.3 Å². The predicted octanol–water partition coefficient (Wildman–Crippen LogP) is 5.77. The molecule has 0 bridgehead atoms. The van der Waals surface area contributed by atoms with E-state index in [2.05, 4.69) is 6.58 Å². The van der Waals surface area contributed by atoms with Gasteiger partial charge in [-0.25, -0.2) is 18.4 Å². The maximum Gasteiger partial charge on any atom is 0.514 e. The fourth-order valence-electron chi connectivity index (χ4n) is 2.35. The van der Waals surface area contributed by atoms with Crippen molar-refractivity contribution in [3.8, 4) is 5.75 Å². The van der Waals surface area contributed by atoms with Crippen molar-refractivity contribution in [3.05, 3.63) is 35.4 Å². The Balaban J connectivity index is 3.50. The topological polar surface area (TPSA) is 71.1 Å². The van der Waals surface area contributed by atoms with Crippen LogP contribution in [-0.4, -0.2) is 36.4 Å². The number of carbonyl (C=O) groups excluding carboxylic acids is 2. The van der Waals surface area contributed by atoms with Gasteiger partial charge in [-0.3, -0.25) is 0 Å². The Morgan fingerprint density at radius 3 is 2.07 bits per heavy atom. The predicted molar refractivity (Wildman–Crippen MR) is 109 cm³/mol. The van der Waals surface area contributed by atoms with Crippen LogP contribution >= 0.6 is 0 Å². The van der Waals surface area contributed by atoms with Crippen LogP contribution in [0.2, 0.25) is 0 Å². The Bertz CT molecular complexity index is 788. The molecule has 1 aromatic carbocycles. The van der Waals surface area contributed by atoms with Crippen LogP contribution in [0.3, 0.4) is 0 Å². The molecule has 8 heteroatoms. The summed E-state index contributed by atoms with van der Waals surface area (Å²) in [6.45, 7) is 14.4. The lowest BCUT2D eigenvalue weighted by Crippen LogP contribution is -2.28. The van der Waals surface area contributed by atoms with E-state index in [-0.39, 0.29) is 23.5 Å². The number of ether oxygens (including phenoxy) is 4. The van der Waals surface area contributed by atoms with Gasteiger partial charge >= 0.3 is 12.1 Å². The molecular weight excluding hydrogens is 398 g/mol. The Hall–Kier alpha value is -2.48. The van der Waals surface area contributed by atoms with Crippen LogP contribution < -0.4 is 4.74 Å². The third-order valence-electron chi connectivity index (χ3n) is 3.38. The largest absolute Gasteiger partial charge is 0.514 e. The number of halogens is 2. The quantitative estimate of drug-likeness (QED) is 0.406. The fraction of sp³-hybridized carbons (Fsp3) is 0.545. The van der Waals surface area contributed by atoms with Crippen molar-refractivity contribution >= 4 is 17.7 Å². The van der Waals surface area contributed by atoms with Crippen molar-refractivity contribution in [3.63, 3.8) is 0 Å². The molecule has 0 radical (unpaired) electrons. The molecule has 0 saturated carbocycles. The molecule has 0 spiro atoms. The number of hydrogen-bond donors (Lipinski definition) is 0. The van der Waals surface area contributed by atoms with E-state index < -0.39 is 36.4 Å². The second-order valence-corrected chi connectivity index (χ2v) is 8.73. The third kappa shape index (κ3) is 8.49. The zero-order valence-corrected chi connectivity index (χ0v) is 18.6. The molecule has 0 saturated heterocycles. The first kappa shape index (κ1) is 25.6.